The fourth-order valence-electron chi connectivity index (χ4n) is 1.68. The molecule has 0 saturated heterocycles. The molecule has 0 N–H and O–H groups in total. The maximum Gasteiger partial charge on any atom is 0.302 e. The summed E-state index contributed by atoms with van der Waals surface area (Å²) in [5.74, 6) is 0.288. The van der Waals surface area contributed by atoms with Gasteiger partial charge in [-0.15, -0.1) is 0 Å². The number of hydrogen-bond acceptors (Lipinski definition) is 6. The minimum absolute atomic E-state index is 0.0583. The Hall–Kier alpha value is -2.24. The summed E-state index contributed by atoms with van der Waals surface area (Å²) in [5.41, 5.74) is 1.29. The Morgan fingerprint density at radius 3 is 1.65 bits per heavy atom. The molecule has 0 aliphatic heterocycles. The summed E-state index contributed by atoms with van der Waals surface area (Å²) in [5, 5.41) is 0. The second kappa shape index (κ2) is 7.37. The Kier molecular flexibility index (Phi) is 5.83. The van der Waals surface area contributed by atoms with E-state index in [2.05, 4.69) is 0 Å². The Bertz CT molecular complexity index is 455. The SMILES string of the molecule is COc1cc(COC(C)=O)c(OC)c(COC(C)=O)c1. The number of hydrogen-bond donors (Lipinski definition) is 0. The van der Waals surface area contributed by atoms with E-state index in [1.807, 2.05) is 0 Å². The molecule has 0 spiro atoms. The Morgan fingerprint density at radius 2 is 1.35 bits per heavy atom. The molecule has 0 unspecified atom stereocenters. The highest BCUT2D eigenvalue weighted by Gasteiger charge is 2.14. The van der Waals surface area contributed by atoms with Gasteiger partial charge in [0.05, 0.1) is 14.2 Å². The lowest BCUT2D eigenvalue weighted by Crippen LogP contribution is -2.06. The monoisotopic (exact) mass is 282 g/mol. The molecule has 0 atom stereocenters. The predicted molar refractivity (Wildman–Crippen MR) is 70.5 cm³/mol. The average Bonchev–Trinajstić information content (AvgIpc) is 2.41. The fourth-order valence-corrected chi connectivity index (χ4v) is 1.68. The van der Waals surface area contributed by atoms with Crippen LogP contribution in [0, 0.1) is 0 Å². The number of rotatable bonds is 6. The van der Waals surface area contributed by atoms with Crippen molar-refractivity contribution in [1.82, 2.24) is 0 Å². The first-order valence-corrected chi connectivity index (χ1v) is 5.98. The standard InChI is InChI=1S/C14H18O6/c1-9(15)19-7-11-5-13(17-3)6-12(14(11)18-4)8-20-10(2)16/h5-6H,7-8H2,1-4H3. The molecule has 6 heteroatoms. The maximum absolute atomic E-state index is 10.9. The van der Waals surface area contributed by atoms with Crippen molar-refractivity contribution < 1.29 is 28.5 Å². The first-order valence-electron chi connectivity index (χ1n) is 5.98. The number of esters is 2. The zero-order chi connectivity index (χ0) is 15.1. The van der Waals surface area contributed by atoms with Crippen LogP contribution < -0.4 is 9.47 Å². The molecule has 0 radical (unpaired) electrons. The zero-order valence-electron chi connectivity index (χ0n) is 12.0. The van der Waals surface area contributed by atoms with Crippen LogP contribution in [0.15, 0.2) is 12.1 Å². The van der Waals surface area contributed by atoms with Gasteiger partial charge in [-0.3, -0.25) is 9.59 Å². The first kappa shape index (κ1) is 15.8. The zero-order valence-corrected chi connectivity index (χ0v) is 12.0. The van der Waals surface area contributed by atoms with E-state index in [9.17, 15) is 9.59 Å². The molecule has 1 rings (SSSR count). The minimum atomic E-state index is -0.392. The first-order chi connectivity index (χ1) is 9.47. The molecule has 1 aromatic rings. The van der Waals surface area contributed by atoms with E-state index in [0.29, 0.717) is 22.6 Å². The van der Waals surface area contributed by atoms with Gasteiger partial charge < -0.3 is 18.9 Å². The molecule has 0 aliphatic carbocycles. The van der Waals surface area contributed by atoms with E-state index >= 15 is 0 Å². The van der Waals surface area contributed by atoms with E-state index in [0.717, 1.165) is 0 Å². The third kappa shape index (κ3) is 4.46. The van der Waals surface area contributed by atoms with Crippen molar-refractivity contribution in [2.24, 2.45) is 0 Å². The van der Waals surface area contributed by atoms with Crippen molar-refractivity contribution in [2.45, 2.75) is 27.1 Å². The van der Waals surface area contributed by atoms with Crippen LogP contribution in [-0.4, -0.2) is 26.2 Å². The second-order valence-corrected chi connectivity index (χ2v) is 4.04. The largest absolute Gasteiger partial charge is 0.497 e. The molecular weight excluding hydrogens is 264 g/mol. The third-order valence-electron chi connectivity index (χ3n) is 2.52. The van der Waals surface area contributed by atoms with Gasteiger partial charge in [0.1, 0.15) is 24.7 Å². The van der Waals surface area contributed by atoms with Gasteiger partial charge in [-0.1, -0.05) is 0 Å². The van der Waals surface area contributed by atoms with E-state index in [1.54, 1.807) is 12.1 Å². The summed E-state index contributed by atoms with van der Waals surface area (Å²) in [4.78, 5) is 21.8. The topological polar surface area (TPSA) is 71.1 Å². The number of benzene rings is 1. The van der Waals surface area contributed by atoms with Crippen LogP contribution in [0.2, 0.25) is 0 Å². The Morgan fingerprint density at radius 1 is 0.900 bits per heavy atom. The highest BCUT2D eigenvalue weighted by molar-refractivity contribution is 5.66. The highest BCUT2D eigenvalue weighted by Crippen LogP contribution is 2.30. The van der Waals surface area contributed by atoms with Crippen molar-refractivity contribution in [1.29, 1.82) is 0 Å². The van der Waals surface area contributed by atoms with E-state index in [1.165, 1.54) is 28.1 Å². The fraction of sp³-hybridized carbons (Fsp3) is 0.429. The van der Waals surface area contributed by atoms with Crippen molar-refractivity contribution >= 4 is 11.9 Å². The Balaban J connectivity index is 3.09. The molecule has 0 fully saturated rings. The second-order valence-electron chi connectivity index (χ2n) is 4.04. The maximum atomic E-state index is 10.9. The summed E-state index contributed by atoms with van der Waals surface area (Å²) in [6, 6.07) is 3.41. The van der Waals surface area contributed by atoms with Crippen molar-refractivity contribution in [3.63, 3.8) is 0 Å². The lowest BCUT2D eigenvalue weighted by molar-refractivity contribution is -0.142. The van der Waals surface area contributed by atoms with E-state index in [-0.39, 0.29) is 13.2 Å². The van der Waals surface area contributed by atoms with Gasteiger partial charge in [-0.25, -0.2) is 0 Å². The van der Waals surface area contributed by atoms with Crippen LogP contribution in [0.3, 0.4) is 0 Å². The lowest BCUT2D eigenvalue weighted by Gasteiger charge is -2.15. The van der Waals surface area contributed by atoms with Crippen LogP contribution >= 0.6 is 0 Å². The van der Waals surface area contributed by atoms with Crippen LogP contribution in [0.4, 0.5) is 0 Å². The smallest absolute Gasteiger partial charge is 0.302 e. The van der Waals surface area contributed by atoms with Gasteiger partial charge in [0.15, 0.2) is 0 Å². The summed E-state index contributed by atoms with van der Waals surface area (Å²) in [7, 11) is 3.02. The van der Waals surface area contributed by atoms with Gasteiger partial charge in [-0.05, 0) is 12.1 Å². The van der Waals surface area contributed by atoms with Crippen molar-refractivity contribution in [2.75, 3.05) is 14.2 Å². The van der Waals surface area contributed by atoms with Crippen LogP contribution in [0.5, 0.6) is 11.5 Å². The number of ether oxygens (including phenoxy) is 4. The van der Waals surface area contributed by atoms with Crippen LogP contribution in [-0.2, 0) is 32.3 Å². The highest BCUT2D eigenvalue weighted by atomic mass is 16.5. The van der Waals surface area contributed by atoms with Gasteiger partial charge in [0, 0.05) is 25.0 Å². The molecule has 0 heterocycles. The number of carbonyl (C=O) groups is 2. The van der Waals surface area contributed by atoms with Crippen LogP contribution in [0.1, 0.15) is 25.0 Å². The molecule has 20 heavy (non-hydrogen) atoms. The number of methoxy groups -OCH3 is 2. The molecule has 110 valence electrons. The molecule has 0 saturated carbocycles. The summed E-state index contributed by atoms with van der Waals surface area (Å²) < 4.78 is 20.4. The van der Waals surface area contributed by atoms with Crippen molar-refractivity contribution in [3.8, 4) is 11.5 Å². The van der Waals surface area contributed by atoms with Gasteiger partial charge >= 0.3 is 11.9 Å². The minimum Gasteiger partial charge on any atom is -0.497 e. The molecule has 0 bridgehead atoms. The van der Waals surface area contributed by atoms with Gasteiger partial charge in [0.25, 0.3) is 0 Å². The number of carbonyl (C=O) groups excluding carboxylic acids is 2. The predicted octanol–water partition coefficient (Wildman–Crippen LogP) is 1.83. The van der Waals surface area contributed by atoms with Gasteiger partial charge in [0.2, 0.25) is 0 Å². The molecule has 0 aromatic heterocycles. The van der Waals surface area contributed by atoms with E-state index < -0.39 is 11.9 Å². The van der Waals surface area contributed by atoms with Crippen molar-refractivity contribution in [3.05, 3.63) is 23.3 Å². The molecule has 6 nitrogen and oxygen atoms in total. The third-order valence-corrected chi connectivity index (χ3v) is 2.52. The molecule has 1 aromatic carbocycles. The van der Waals surface area contributed by atoms with Gasteiger partial charge in [-0.2, -0.15) is 0 Å². The summed E-state index contributed by atoms with van der Waals surface area (Å²) in [6.45, 7) is 2.77. The molecular formula is C14H18O6. The van der Waals surface area contributed by atoms with Crippen LogP contribution in [0.25, 0.3) is 0 Å². The summed E-state index contributed by atoms with van der Waals surface area (Å²) >= 11 is 0. The average molecular weight is 282 g/mol. The lowest BCUT2D eigenvalue weighted by atomic mass is 10.1. The Labute approximate surface area is 117 Å². The molecule has 0 amide bonds. The van der Waals surface area contributed by atoms with E-state index in [4.69, 9.17) is 18.9 Å². The normalized spacial score (nSPS) is 9.80. The quantitative estimate of drug-likeness (QED) is 0.741. The summed E-state index contributed by atoms with van der Waals surface area (Å²) in [6.07, 6.45) is 0. The molecule has 0 aliphatic rings.